The lowest BCUT2D eigenvalue weighted by molar-refractivity contribution is 0.436. The van der Waals surface area contributed by atoms with Crippen molar-refractivity contribution in [2.75, 3.05) is 5.73 Å². The summed E-state index contributed by atoms with van der Waals surface area (Å²) in [5.74, 6) is 1.17. The maximum atomic E-state index is 5.95. The lowest BCUT2D eigenvalue weighted by Gasteiger charge is -2.04. The van der Waals surface area contributed by atoms with Gasteiger partial charge in [0.2, 0.25) is 0 Å². The summed E-state index contributed by atoms with van der Waals surface area (Å²) in [7, 11) is 0. The van der Waals surface area contributed by atoms with Crippen LogP contribution in [0.2, 0.25) is 0 Å². The first-order valence-corrected chi connectivity index (χ1v) is 6.55. The number of aromatic nitrogens is 1. The van der Waals surface area contributed by atoms with E-state index in [2.05, 4.69) is 18.1 Å². The van der Waals surface area contributed by atoms with Crippen LogP contribution < -0.4 is 5.73 Å². The largest absolute Gasteiger partial charge is 0.380 e. The highest BCUT2D eigenvalue weighted by Crippen LogP contribution is 2.38. The van der Waals surface area contributed by atoms with Gasteiger partial charge in [0.25, 0.3) is 0 Å². The molecule has 0 aliphatic carbocycles. The number of rotatable bonds is 2. The maximum absolute atomic E-state index is 5.95. The van der Waals surface area contributed by atoms with Crippen LogP contribution in [0.1, 0.15) is 5.56 Å². The second-order valence-corrected chi connectivity index (χ2v) is 4.88. The van der Waals surface area contributed by atoms with Crippen molar-refractivity contribution in [3.8, 4) is 22.5 Å². The molecule has 0 aliphatic rings. The fourth-order valence-electron chi connectivity index (χ4n) is 2.01. The Balaban J connectivity index is 2.24. The highest BCUT2D eigenvalue weighted by Gasteiger charge is 2.18. The van der Waals surface area contributed by atoms with Crippen LogP contribution >= 0.6 is 11.3 Å². The van der Waals surface area contributed by atoms with Gasteiger partial charge in [0, 0.05) is 10.9 Å². The van der Waals surface area contributed by atoms with E-state index in [4.69, 9.17) is 10.3 Å². The SMILES string of the molecule is Cc1ccccc1-c1c(N)noc1-c1ccsc1. The topological polar surface area (TPSA) is 52.0 Å². The van der Waals surface area contributed by atoms with Crippen LogP contribution in [0.15, 0.2) is 45.6 Å². The average molecular weight is 256 g/mol. The van der Waals surface area contributed by atoms with Crippen molar-refractivity contribution in [2.24, 2.45) is 0 Å². The predicted molar refractivity (Wildman–Crippen MR) is 74.4 cm³/mol. The second kappa shape index (κ2) is 4.31. The summed E-state index contributed by atoms with van der Waals surface area (Å²) in [6.45, 7) is 2.05. The van der Waals surface area contributed by atoms with Crippen LogP contribution in [0.4, 0.5) is 5.82 Å². The van der Waals surface area contributed by atoms with E-state index in [1.165, 1.54) is 0 Å². The number of thiophene rings is 1. The molecule has 0 atom stereocenters. The Morgan fingerprint density at radius 1 is 1.22 bits per heavy atom. The van der Waals surface area contributed by atoms with Gasteiger partial charge in [0.05, 0.1) is 5.56 Å². The van der Waals surface area contributed by atoms with Gasteiger partial charge in [-0.1, -0.05) is 29.4 Å². The van der Waals surface area contributed by atoms with Gasteiger partial charge in [-0.05, 0) is 29.5 Å². The maximum Gasteiger partial charge on any atom is 0.177 e. The zero-order chi connectivity index (χ0) is 12.5. The van der Waals surface area contributed by atoms with Gasteiger partial charge in [-0.25, -0.2) is 0 Å². The van der Waals surface area contributed by atoms with Crippen molar-refractivity contribution < 1.29 is 4.52 Å². The zero-order valence-electron chi connectivity index (χ0n) is 9.88. The predicted octanol–water partition coefficient (Wildman–Crippen LogP) is 3.96. The summed E-state index contributed by atoms with van der Waals surface area (Å²) < 4.78 is 5.38. The fraction of sp³-hybridized carbons (Fsp3) is 0.0714. The van der Waals surface area contributed by atoms with Crippen molar-refractivity contribution in [1.82, 2.24) is 5.16 Å². The zero-order valence-corrected chi connectivity index (χ0v) is 10.7. The van der Waals surface area contributed by atoms with Gasteiger partial charge < -0.3 is 10.3 Å². The van der Waals surface area contributed by atoms with Gasteiger partial charge in [0.15, 0.2) is 11.6 Å². The first-order valence-electron chi connectivity index (χ1n) is 5.61. The van der Waals surface area contributed by atoms with Crippen molar-refractivity contribution in [3.05, 3.63) is 46.7 Å². The Morgan fingerprint density at radius 2 is 2.06 bits per heavy atom. The number of nitrogen functional groups attached to an aromatic ring is 1. The minimum absolute atomic E-state index is 0.436. The smallest absolute Gasteiger partial charge is 0.177 e. The number of benzene rings is 1. The lowest BCUT2D eigenvalue weighted by atomic mass is 9.99. The fourth-order valence-corrected chi connectivity index (χ4v) is 2.64. The third-order valence-corrected chi connectivity index (χ3v) is 3.60. The van der Waals surface area contributed by atoms with E-state index in [1.807, 2.05) is 35.0 Å². The van der Waals surface area contributed by atoms with E-state index < -0.39 is 0 Å². The van der Waals surface area contributed by atoms with E-state index in [-0.39, 0.29) is 0 Å². The quantitative estimate of drug-likeness (QED) is 0.755. The second-order valence-electron chi connectivity index (χ2n) is 4.10. The highest BCUT2D eigenvalue weighted by molar-refractivity contribution is 7.08. The standard InChI is InChI=1S/C14H12N2OS/c1-9-4-2-3-5-11(9)12-13(17-16-14(12)15)10-6-7-18-8-10/h2-8H,1H3,(H2,15,16). The van der Waals surface area contributed by atoms with E-state index in [0.29, 0.717) is 5.82 Å². The van der Waals surface area contributed by atoms with Crippen LogP contribution in [0.3, 0.4) is 0 Å². The molecule has 2 heterocycles. The van der Waals surface area contributed by atoms with Crippen molar-refractivity contribution >= 4 is 17.2 Å². The highest BCUT2D eigenvalue weighted by atomic mass is 32.1. The molecular weight excluding hydrogens is 244 g/mol. The summed E-state index contributed by atoms with van der Waals surface area (Å²) in [6.07, 6.45) is 0. The minimum atomic E-state index is 0.436. The van der Waals surface area contributed by atoms with Gasteiger partial charge in [0.1, 0.15) is 0 Å². The first kappa shape index (κ1) is 11.0. The molecule has 3 nitrogen and oxygen atoms in total. The lowest BCUT2D eigenvalue weighted by Crippen LogP contribution is -1.90. The molecule has 0 spiro atoms. The molecule has 18 heavy (non-hydrogen) atoms. The van der Waals surface area contributed by atoms with Crippen LogP contribution in [-0.2, 0) is 0 Å². The van der Waals surface area contributed by atoms with Gasteiger partial charge in [-0.2, -0.15) is 11.3 Å². The van der Waals surface area contributed by atoms with Crippen molar-refractivity contribution in [3.63, 3.8) is 0 Å². The molecule has 4 heteroatoms. The Kier molecular flexibility index (Phi) is 2.64. The summed E-state index contributed by atoms with van der Waals surface area (Å²) >= 11 is 1.62. The minimum Gasteiger partial charge on any atom is -0.380 e. The normalized spacial score (nSPS) is 10.7. The first-order chi connectivity index (χ1) is 8.77. The molecule has 0 aliphatic heterocycles. The molecule has 1 aromatic carbocycles. The number of anilines is 1. The molecule has 0 fully saturated rings. The van der Waals surface area contributed by atoms with E-state index in [9.17, 15) is 0 Å². The molecule has 0 radical (unpaired) electrons. The molecule has 0 bridgehead atoms. The van der Waals surface area contributed by atoms with Crippen LogP contribution in [0, 0.1) is 6.92 Å². The molecule has 0 saturated heterocycles. The van der Waals surface area contributed by atoms with Gasteiger partial charge in [-0.15, -0.1) is 0 Å². The number of nitrogens with two attached hydrogens (primary N) is 1. The van der Waals surface area contributed by atoms with E-state index >= 15 is 0 Å². The van der Waals surface area contributed by atoms with E-state index in [1.54, 1.807) is 11.3 Å². The number of aryl methyl sites for hydroxylation is 1. The number of nitrogens with zero attached hydrogens (tertiary/aromatic N) is 1. The Labute approximate surface area is 109 Å². The van der Waals surface area contributed by atoms with Gasteiger partial charge >= 0.3 is 0 Å². The Morgan fingerprint density at radius 3 is 2.78 bits per heavy atom. The van der Waals surface area contributed by atoms with Crippen molar-refractivity contribution in [1.29, 1.82) is 0 Å². The van der Waals surface area contributed by atoms with Crippen molar-refractivity contribution in [2.45, 2.75) is 6.92 Å². The van der Waals surface area contributed by atoms with E-state index in [0.717, 1.165) is 28.0 Å². The molecule has 0 saturated carbocycles. The van der Waals surface area contributed by atoms with Crippen LogP contribution in [0.25, 0.3) is 22.5 Å². The summed E-state index contributed by atoms with van der Waals surface area (Å²) in [5, 5.41) is 7.94. The van der Waals surface area contributed by atoms with Crippen LogP contribution in [-0.4, -0.2) is 5.16 Å². The molecule has 3 aromatic rings. The molecule has 0 unspecified atom stereocenters. The third-order valence-electron chi connectivity index (χ3n) is 2.92. The number of hydrogen-bond acceptors (Lipinski definition) is 4. The molecule has 2 aromatic heterocycles. The van der Waals surface area contributed by atoms with Crippen LogP contribution in [0.5, 0.6) is 0 Å². The third kappa shape index (κ3) is 1.71. The monoisotopic (exact) mass is 256 g/mol. The Hall–Kier alpha value is -2.07. The van der Waals surface area contributed by atoms with Gasteiger partial charge in [-0.3, -0.25) is 0 Å². The molecular formula is C14H12N2OS. The Bertz CT molecular complexity index is 671. The molecule has 0 amide bonds. The summed E-state index contributed by atoms with van der Waals surface area (Å²) in [4.78, 5) is 0. The number of hydrogen-bond donors (Lipinski definition) is 1. The molecule has 3 rings (SSSR count). The molecule has 90 valence electrons. The summed E-state index contributed by atoms with van der Waals surface area (Å²) in [6, 6.07) is 10.1. The average Bonchev–Trinajstić information content (AvgIpc) is 2.99. The summed E-state index contributed by atoms with van der Waals surface area (Å²) in [5.41, 5.74) is 10.1. The molecule has 2 N–H and O–H groups in total.